The lowest BCUT2D eigenvalue weighted by atomic mass is 9.95. The lowest BCUT2D eigenvalue weighted by Gasteiger charge is -2.10. The molecule has 10 rings (SSSR count). The molecule has 2 nitrogen and oxygen atoms in total. The molecule has 0 bridgehead atoms. The van der Waals surface area contributed by atoms with Crippen molar-refractivity contribution in [2.75, 3.05) is 0 Å². The van der Waals surface area contributed by atoms with E-state index in [0.29, 0.717) is 0 Å². The van der Waals surface area contributed by atoms with Crippen molar-refractivity contribution >= 4 is 64.5 Å². The zero-order valence-electron chi connectivity index (χ0n) is 25.4. The normalized spacial score (nSPS) is 11.8. The first-order valence-corrected chi connectivity index (χ1v) is 16.7. The average molecular weight is 618 g/mol. The van der Waals surface area contributed by atoms with Crippen LogP contribution in [-0.4, -0.2) is 4.57 Å². The maximum absolute atomic E-state index is 6.55. The predicted octanol–water partition coefficient (Wildman–Crippen LogP) is 12.9. The summed E-state index contributed by atoms with van der Waals surface area (Å²) in [5.74, 6) is 0. The van der Waals surface area contributed by atoms with Gasteiger partial charge in [0.15, 0.2) is 5.58 Å². The van der Waals surface area contributed by atoms with Crippen LogP contribution in [0.4, 0.5) is 0 Å². The molecule has 0 aliphatic rings. The molecule has 3 heterocycles. The Labute approximate surface area is 275 Å². The number of furan rings is 1. The number of aromatic nitrogens is 1. The average Bonchev–Trinajstić information content (AvgIpc) is 3.81. The zero-order chi connectivity index (χ0) is 30.9. The zero-order valence-corrected chi connectivity index (χ0v) is 26.2. The van der Waals surface area contributed by atoms with Crippen LogP contribution in [0.3, 0.4) is 0 Å². The third kappa shape index (κ3) is 4.04. The molecule has 0 fully saturated rings. The largest absolute Gasteiger partial charge is 0.454 e. The van der Waals surface area contributed by atoms with Crippen LogP contribution in [0.15, 0.2) is 168 Å². The molecule has 0 aliphatic heterocycles. The molecule has 0 spiro atoms. The Morgan fingerprint density at radius 2 is 1.15 bits per heavy atom. The van der Waals surface area contributed by atoms with Crippen LogP contribution in [0.2, 0.25) is 0 Å². The van der Waals surface area contributed by atoms with Gasteiger partial charge in [0.1, 0.15) is 11.1 Å². The topological polar surface area (TPSA) is 18.1 Å². The molecule has 3 aromatic heterocycles. The predicted molar refractivity (Wildman–Crippen MR) is 200 cm³/mol. The van der Waals surface area contributed by atoms with Crippen molar-refractivity contribution < 1.29 is 4.42 Å². The van der Waals surface area contributed by atoms with Gasteiger partial charge in [-0.1, -0.05) is 115 Å². The van der Waals surface area contributed by atoms with Gasteiger partial charge in [0.25, 0.3) is 0 Å². The number of hydrogen-bond acceptors (Lipinski definition) is 2. The minimum absolute atomic E-state index is 0.897. The molecule has 0 saturated carbocycles. The van der Waals surface area contributed by atoms with Gasteiger partial charge in [-0.2, -0.15) is 0 Å². The van der Waals surface area contributed by atoms with E-state index in [9.17, 15) is 0 Å². The highest BCUT2D eigenvalue weighted by Crippen LogP contribution is 2.45. The summed E-state index contributed by atoms with van der Waals surface area (Å²) in [7, 11) is 0. The van der Waals surface area contributed by atoms with Gasteiger partial charge in [0.2, 0.25) is 0 Å². The Kier molecular flexibility index (Phi) is 5.78. The maximum atomic E-state index is 6.55. The number of fused-ring (bicyclic) bond motifs is 8. The summed E-state index contributed by atoms with van der Waals surface area (Å²) >= 11 is 1.88. The molecular weight excluding hydrogens is 591 g/mol. The van der Waals surface area contributed by atoms with Crippen molar-refractivity contribution in [2.45, 2.75) is 0 Å². The molecule has 0 amide bonds. The first-order chi connectivity index (χ1) is 23.3. The van der Waals surface area contributed by atoms with Crippen LogP contribution < -0.4 is 0 Å². The highest BCUT2D eigenvalue weighted by molar-refractivity contribution is 7.26. The summed E-state index contributed by atoms with van der Waals surface area (Å²) < 4.78 is 11.5. The van der Waals surface area contributed by atoms with Gasteiger partial charge in [-0.15, -0.1) is 11.3 Å². The third-order valence-corrected chi connectivity index (χ3v) is 10.6. The monoisotopic (exact) mass is 617 g/mol. The summed E-state index contributed by atoms with van der Waals surface area (Å²) in [6.07, 6.45) is 0. The van der Waals surface area contributed by atoms with Gasteiger partial charge in [0, 0.05) is 36.6 Å². The Morgan fingerprint density at radius 1 is 0.468 bits per heavy atom. The van der Waals surface area contributed by atoms with Crippen molar-refractivity contribution in [3.05, 3.63) is 164 Å². The minimum Gasteiger partial charge on any atom is -0.454 e. The minimum atomic E-state index is 0.897. The Bertz CT molecular complexity index is 2780. The molecule has 0 atom stereocenters. The van der Waals surface area contributed by atoms with Crippen LogP contribution in [0.1, 0.15) is 0 Å². The van der Waals surface area contributed by atoms with Crippen LogP contribution in [-0.2, 0) is 0 Å². The molecule has 220 valence electrons. The smallest absolute Gasteiger partial charge is 0.161 e. The van der Waals surface area contributed by atoms with Crippen LogP contribution in [0, 0.1) is 0 Å². The molecule has 0 saturated heterocycles. The van der Waals surface area contributed by atoms with Crippen LogP contribution >= 0.6 is 11.3 Å². The molecule has 7 aromatic carbocycles. The third-order valence-electron chi connectivity index (χ3n) is 9.40. The first-order valence-electron chi connectivity index (χ1n) is 15.9. The molecule has 0 N–H and O–H groups in total. The van der Waals surface area contributed by atoms with Gasteiger partial charge in [-0.05, 0) is 81.9 Å². The van der Waals surface area contributed by atoms with Crippen molar-refractivity contribution in [2.24, 2.45) is 0 Å². The SMILES string of the molecule is c1ccc(-c2cccc3c2sc2cccc(-c4cccc(-c5ccc6oc7c8ccccc8n(-c8ccccc8)c7c6c5)c4)c23)cc1. The molecular formula is C44H27NOS. The maximum Gasteiger partial charge on any atom is 0.161 e. The van der Waals surface area contributed by atoms with Crippen LogP contribution in [0.5, 0.6) is 0 Å². The molecule has 3 heteroatoms. The van der Waals surface area contributed by atoms with Crippen molar-refractivity contribution in [3.8, 4) is 39.1 Å². The van der Waals surface area contributed by atoms with E-state index in [-0.39, 0.29) is 0 Å². The molecule has 0 radical (unpaired) electrons. The fourth-order valence-electron chi connectivity index (χ4n) is 7.29. The summed E-state index contributed by atoms with van der Waals surface area (Å²) in [6.45, 7) is 0. The lowest BCUT2D eigenvalue weighted by molar-refractivity contribution is 0.673. The lowest BCUT2D eigenvalue weighted by Crippen LogP contribution is -1.92. The van der Waals surface area contributed by atoms with E-state index in [2.05, 4.69) is 168 Å². The van der Waals surface area contributed by atoms with Gasteiger partial charge in [0.05, 0.1) is 5.52 Å². The summed E-state index contributed by atoms with van der Waals surface area (Å²) in [4.78, 5) is 0. The Morgan fingerprint density at radius 3 is 2.04 bits per heavy atom. The van der Waals surface area contributed by atoms with E-state index < -0.39 is 0 Å². The van der Waals surface area contributed by atoms with Gasteiger partial charge in [-0.3, -0.25) is 0 Å². The van der Waals surface area contributed by atoms with E-state index in [1.807, 2.05) is 11.3 Å². The number of benzene rings is 7. The fourth-order valence-corrected chi connectivity index (χ4v) is 8.56. The number of nitrogens with zero attached hydrogens (tertiary/aromatic N) is 1. The van der Waals surface area contributed by atoms with E-state index in [1.165, 1.54) is 53.6 Å². The van der Waals surface area contributed by atoms with Gasteiger partial charge in [-0.25, -0.2) is 0 Å². The molecule has 0 aliphatic carbocycles. The van der Waals surface area contributed by atoms with Crippen molar-refractivity contribution in [3.63, 3.8) is 0 Å². The fraction of sp³-hybridized carbons (Fsp3) is 0. The second kappa shape index (κ2) is 10.3. The summed E-state index contributed by atoms with van der Waals surface area (Å²) in [5, 5.41) is 4.87. The van der Waals surface area contributed by atoms with Gasteiger partial charge >= 0.3 is 0 Å². The van der Waals surface area contributed by atoms with Crippen molar-refractivity contribution in [1.82, 2.24) is 4.57 Å². The van der Waals surface area contributed by atoms with Crippen molar-refractivity contribution in [1.29, 1.82) is 0 Å². The molecule has 47 heavy (non-hydrogen) atoms. The number of rotatable bonds is 4. The molecule has 10 aromatic rings. The van der Waals surface area contributed by atoms with Gasteiger partial charge < -0.3 is 8.98 Å². The highest BCUT2D eigenvalue weighted by Gasteiger charge is 2.20. The summed E-state index contributed by atoms with van der Waals surface area (Å²) in [6, 6.07) is 58.8. The number of hydrogen-bond donors (Lipinski definition) is 0. The van der Waals surface area contributed by atoms with E-state index in [4.69, 9.17) is 4.42 Å². The Balaban J connectivity index is 1.15. The highest BCUT2D eigenvalue weighted by atomic mass is 32.1. The second-order valence-electron chi connectivity index (χ2n) is 12.1. The first kappa shape index (κ1) is 26.3. The summed E-state index contributed by atoms with van der Waals surface area (Å²) in [5.41, 5.74) is 12.6. The van der Waals surface area contributed by atoms with Crippen LogP contribution in [0.25, 0.3) is 92.2 Å². The second-order valence-corrected chi connectivity index (χ2v) is 13.1. The quantitative estimate of drug-likeness (QED) is 0.192. The molecule has 0 unspecified atom stereocenters. The van der Waals surface area contributed by atoms with E-state index in [1.54, 1.807) is 0 Å². The van der Waals surface area contributed by atoms with E-state index in [0.717, 1.165) is 38.7 Å². The van der Waals surface area contributed by atoms with E-state index >= 15 is 0 Å². The number of thiophene rings is 1. The Hall–Kier alpha value is -5.90. The number of para-hydroxylation sites is 2. The standard InChI is InChI=1S/C44H27NOS/c1-3-12-28(13-4-1)34-20-10-21-36-41-33(19-11-23-40(41)47-44(34)36)31-15-9-14-29(26-31)30-24-25-39-37(27-30)42-43(46-39)35-18-7-8-22-38(35)45(42)32-16-5-2-6-17-32/h1-27H.